The minimum Gasteiger partial charge on any atom is -0.364 e. The average Bonchev–Trinajstić information content (AvgIpc) is 2.83. The number of nitrogens with two attached hydrogens (primary N) is 1. The van der Waals surface area contributed by atoms with Crippen molar-refractivity contribution in [3.05, 3.63) is 17.5 Å². The Hall–Kier alpha value is -1.85. The molecule has 106 valence electrons. The van der Waals surface area contributed by atoms with E-state index >= 15 is 0 Å². The van der Waals surface area contributed by atoms with Crippen LogP contribution in [0.5, 0.6) is 0 Å². The minimum absolute atomic E-state index is 0.0486. The van der Waals surface area contributed by atoms with Crippen LogP contribution in [0.25, 0.3) is 0 Å². The summed E-state index contributed by atoms with van der Waals surface area (Å²) in [6.07, 6.45) is 4.24. The zero-order valence-electron chi connectivity index (χ0n) is 11.8. The molecular formula is C13H22N4O2. The van der Waals surface area contributed by atoms with Gasteiger partial charge < -0.3 is 11.1 Å². The molecule has 0 fully saturated rings. The number of hydrogen-bond donors (Lipinski definition) is 2. The first-order valence-corrected chi connectivity index (χ1v) is 6.62. The number of hydrogen-bond acceptors (Lipinski definition) is 3. The van der Waals surface area contributed by atoms with Gasteiger partial charge in [0.2, 0.25) is 0 Å². The van der Waals surface area contributed by atoms with Crippen molar-refractivity contribution in [2.45, 2.75) is 45.6 Å². The maximum absolute atomic E-state index is 11.5. The number of primary amides is 1. The van der Waals surface area contributed by atoms with E-state index in [1.165, 1.54) is 13.1 Å². The van der Waals surface area contributed by atoms with Crippen molar-refractivity contribution in [2.24, 2.45) is 5.73 Å². The fourth-order valence-corrected chi connectivity index (χ4v) is 1.97. The second-order valence-corrected chi connectivity index (χ2v) is 4.65. The van der Waals surface area contributed by atoms with Crippen molar-refractivity contribution in [3.8, 4) is 0 Å². The number of carbonyl (C=O) groups is 2. The van der Waals surface area contributed by atoms with Crippen LogP contribution in [-0.4, -0.2) is 28.6 Å². The molecule has 0 bridgehead atoms. The van der Waals surface area contributed by atoms with Gasteiger partial charge in [0, 0.05) is 13.1 Å². The molecule has 0 aliphatic carbocycles. The SMILES string of the molecule is CCCCCC(C)n1nc(C(=O)NC)cc1C(N)=O. The molecule has 0 aliphatic heterocycles. The maximum Gasteiger partial charge on any atom is 0.271 e. The fraction of sp³-hybridized carbons (Fsp3) is 0.615. The van der Waals surface area contributed by atoms with Gasteiger partial charge >= 0.3 is 0 Å². The van der Waals surface area contributed by atoms with Crippen LogP contribution in [-0.2, 0) is 0 Å². The summed E-state index contributed by atoms with van der Waals surface area (Å²) in [5, 5.41) is 6.67. The summed E-state index contributed by atoms with van der Waals surface area (Å²) in [5.41, 5.74) is 5.83. The number of nitrogens with zero attached hydrogens (tertiary/aromatic N) is 2. The molecule has 6 nitrogen and oxygen atoms in total. The first kappa shape index (κ1) is 15.2. The molecule has 0 aromatic carbocycles. The van der Waals surface area contributed by atoms with Crippen molar-refractivity contribution in [1.82, 2.24) is 15.1 Å². The Kier molecular flexibility index (Phi) is 5.54. The number of unbranched alkanes of at least 4 members (excludes halogenated alkanes) is 2. The molecule has 0 saturated heterocycles. The van der Waals surface area contributed by atoms with E-state index in [4.69, 9.17) is 5.73 Å². The van der Waals surface area contributed by atoms with Crippen LogP contribution in [0.3, 0.4) is 0 Å². The molecule has 1 rings (SSSR count). The highest BCUT2D eigenvalue weighted by atomic mass is 16.2. The van der Waals surface area contributed by atoms with Crippen molar-refractivity contribution in [3.63, 3.8) is 0 Å². The monoisotopic (exact) mass is 266 g/mol. The van der Waals surface area contributed by atoms with Gasteiger partial charge in [0.05, 0.1) is 6.04 Å². The first-order chi connectivity index (χ1) is 9.01. The summed E-state index contributed by atoms with van der Waals surface area (Å²) in [7, 11) is 1.52. The highest BCUT2D eigenvalue weighted by molar-refractivity contribution is 5.97. The Labute approximate surface area is 113 Å². The lowest BCUT2D eigenvalue weighted by Gasteiger charge is -2.14. The summed E-state index contributed by atoms with van der Waals surface area (Å²) in [5.74, 6) is -0.882. The molecule has 1 heterocycles. The Morgan fingerprint density at radius 3 is 2.68 bits per heavy atom. The Balaban J connectivity index is 2.94. The molecule has 0 aliphatic rings. The molecule has 1 unspecified atom stereocenters. The summed E-state index contributed by atoms with van der Waals surface area (Å²) in [4.78, 5) is 23.0. The van der Waals surface area contributed by atoms with E-state index in [1.807, 2.05) is 6.92 Å². The summed E-state index contributed by atoms with van der Waals surface area (Å²) in [6.45, 7) is 4.11. The van der Waals surface area contributed by atoms with Gasteiger partial charge in [0.1, 0.15) is 5.69 Å². The normalized spacial score (nSPS) is 12.2. The van der Waals surface area contributed by atoms with Crippen LogP contribution in [0, 0.1) is 0 Å². The molecule has 19 heavy (non-hydrogen) atoms. The van der Waals surface area contributed by atoms with E-state index in [0.717, 1.165) is 25.7 Å². The van der Waals surface area contributed by atoms with Crippen molar-refractivity contribution >= 4 is 11.8 Å². The van der Waals surface area contributed by atoms with Crippen molar-refractivity contribution in [1.29, 1.82) is 0 Å². The summed E-state index contributed by atoms with van der Waals surface area (Å²) < 4.78 is 1.56. The zero-order chi connectivity index (χ0) is 14.4. The van der Waals surface area contributed by atoms with E-state index in [2.05, 4.69) is 17.3 Å². The third kappa shape index (κ3) is 3.81. The van der Waals surface area contributed by atoms with E-state index in [9.17, 15) is 9.59 Å². The molecular weight excluding hydrogens is 244 g/mol. The van der Waals surface area contributed by atoms with Gasteiger partial charge in [0.25, 0.3) is 11.8 Å². The van der Waals surface area contributed by atoms with Crippen LogP contribution >= 0.6 is 0 Å². The molecule has 2 amide bonds. The second-order valence-electron chi connectivity index (χ2n) is 4.65. The van der Waals surface area contributed by atoms with Gasteiger partial charge in [-0.05, 0) is 13.3 Å². The van der Waals surface area contributed by atoms with Crippen molar-refractivity contribution < 1.29 is 9.59 Å². The van der Waals surface area contributed by atoms with Crippen LogP contribution in [0.4, 0.5) is 0 Å². The highest BCUT2D eigenvalue weighted by Gasteiger charge is 2.19. The first-order valence-electron chi connectivity index (χ1n) is 6.62. The number of rotatable bonds is 7. The molecule has 1 atom stereocenters. The van der Waals surface area contributed by atoms with Gasteiger partial charge in [-0.3, -0.25) is 14.3 Å². The van der Waals surface area contributed by atoms with Crippen LogP contribution in [0.2, 0.25) is 0 Å². The minimum atomic E-state index is -0.565. The lowest BCUT2D eigenvalue weighted by Crippen LogP contribution is -2.20. The Bertz CT molecular complexity index is 453. The predicted molar refractivity (Wildman–Crippen MR) is 73.0 cm³/mol. The topological polar surface area (TPSA) is 90.0 Å². The van der Waals surface area contributed by atoms with Crippen LogP contribution in [0.1, 0.15) is 66.5 Å². The predicted octanol–water partition coefficient (Wildman–Crippen LogP) is 1.48. The second kappa shape index (κ2) is 6.92. The fourth-order valence-electron chi connectivity index (χ4n) is 1.97. The molecule has 0 radical (unpaired) electrons. The smallest absolute Gasteiger partial charge is 0.271 e. The third-order valence-electron chi connectivity index (χ3n) is 3.09. The molecule has 0 saturated carbocycles. The van der Waals surface area contributed by atoms with Gasteiger partial charge in [-0.1, -0.05) is 26.2 Å². The summed E-state index contributed by atoms with van der Waals surface area (Å²) >= 11 is 0. The number of aromatic nitrogens is 2. The molecule has 6 heteroatoms. The quantitative estimate of drug-likeness (QED) is 0.732. The standard InChI is InChI=1S/C13H22N4O2/c1-4-5-6-7-9(2)17-11(12(14)18)8-10(16-17)13(19)15-3/h8-9H,4-7H2,1-3H3,(H2,14,18)(H,15,19). The van der Waals surface area contributed by atoms with Gasteiger partial charge in [0.15, 0.2) is 5.69 Å². The Morgan fingerprint density at radius 1 is 1.47 bits per heavy atom. The highest BCUT2D eigenvalue weighted by Crippen LogP contribution is 2.18. The lowest BCUT2D eigenvalue weighted by atomic mass is 10.1. The Morgan fingerprint density at radius 2 is 2.16 bits per heavy atom. The summed E-state index contributed by atoms with van der Waals surface area (Å²) in [6, 6.07) is 1.49. The maximum atomic E-state index is 11.5. The molecule has 1 aromatic heterocycles. The van der Waals surface area contributed by atoms with E-state index in [0.29, 0.717) is 0 Å². The van der Waals surface area contributed by atoms with Gasteiger partial charge in [-0.25, -0.2) is 0 Å². The van der Waals surface area contributed by atoms with E-state index in [-0.39, 0.29) is 23.3 Å². The molecule has 3 N–H and O–H groups in total. The number of amides is 2. The number of carbonyl (C=O) groups excluding carboxylic acids is 2. The van der Waals surface area contributed by atoms with Crippen molar-refractivity contribution in [2.75, 3.05) is 7.05 Å². The van der Waals surface area contributed by atoms with Gasteiger partial charge in [-0.2, -0.15) is 5.10 Å². The number of nitrogens with one attached hydrogen (secondary N) is 1. The third-order valence-corrected chi connectivity index (χ3v) is 3.09. The van der Waals surface area contributed by atoms with Crippen LogP contribution in [0.15, 0.2) is 6.07 Å². The van der Waals surface area contributed by atoms with Gasteiger partial charge in [-0.15, -0.1) is 0 Å². The largest absolute Gasteiger partial charge is 0.364 e. The lowest BCUT2D eigenvalue weighted by molar-refractivity contribution is 0.0954. The molecule has 1 aromatic rings. The van der Waals surface area contributed by atoms with E-state index in [1.54, 1.807) is 4.68 Å². The van der Waals surface area contributed by atoms with Crippen LogP contribution < -0.4 is 11.1 Å². The van der Waals surface area contributed by atoms with E-state index < -0.39 is 5.91 Å². The zero-order valence-corrected chi connectivity index (χ0v) is 11.8. The average molecular weight is 266 g/mol. The molecule has 0 spiro atoms.